The van der Waals surface area contributed by atoms with Gasteiger partial charge in [0, 0.05) is 5.71 Å². The van der Waals surface area contributed by atoms with Gasteiger partial charge in [-0.25, -0.2) is 9.79 Å². The van der Waals surface area contributed by atoms with Crippen LogP contribution < -0.4 is 10.1 Å². The lowest BCUT2D eigenvalue weighted by Gasteiger charge is -2.30. The van der Waals surface area contributed by atoms with Crippen molar-refractivity contribution in [3.63, 3.8) is 0 Å². The van der Waals surface area contributed by atoms with Gasteiger partial charge in [-0.05, 0) is 54.4 Å². The number of aromatic hydroxyl groups is 1. The quantitative estimate of drug-likeness (QED) is 0.496. The summed E-state index contributed by atoms with van der Waals surface area (Å²) in [6.07, 6.45) is 0.0375. The number of nitrogens with zero attached hydrogens (tertiary/aromatic N) is 1. The molecule has 0 saturated heterocycles. The first-order valence-corrected chi connectivity index (χ1v) is 9.24. The molecule has 0 aliphatic carbocycles. The highest BCUT2D eigenvalue weighted by molar-refractivity contribution is 9.10. The van der Waals surface area contributed by atoms with Crippen molar-refractivity contribution in [3.05, 3.63) is 22.2 Å². The Kier molecular flexibility index (Phi) is 7.20. The zero-order valence-corrected chi connectivity index (χ0v) is 17.2. The van der Waals surface area contributed by atoms with Crippen LogP contribution in [0.4, 0.5) is 4.79 Å². The van der Waals surface area contributed by atoms with Gasteiger partial charge in [0.05, 0.1) is 30.3 Å². The van der Waals surface area contributed by atoms with E-state index in [4.69, 9.17) is 14.2 Å². The zero-order valence-electron chi connectivity index (χ0n) is 15.6. The van der Waals surface area contributed by atoms with E-state index < -0.39 is 24.0 Å². The number of phenols is 1. The summed E-state index contributed by atoms with van der Waals surface area (Å²) in [7, 11) is 1.41. The predicted molar refractivity (Wildman–Crippen MR) is 102 cm³/mol. The van der Waals surface area contributed by atoms with Gasteiger partial charge in [0.25, 0.3) is 0 Å². The fraction of sp³-hybridized carbons (Fsp3) is 0.500. The number of carbonyl (C=O) groups excluding carboxylic acids is 2. The lowest BCUT2D eigenvalue weighted by Crippen LogP contribution is -2.44. The molecule has 2 unspecified atom stereocenters. The normalized spacial score (nSPS) is 19.5. The van der Waals surface area contributed by atoms with Gasteiger partial charge < -0.3 is 24.6 Å². The minimum absolute atomic E-state index is 0.0375. The fourth-order valence-electron chi connectivity index (χ4n) is 2.75. The van der Waals surface area contributed by atoms with Crippen molar-refractivity contribution in [2.75, 3.05) is 20.3 Å². The molecule has 2 N–H and O–H groups in total. The first-order valence-electron chi connectivity index (χ1n) is 8.45. The van der Waals surface area contributed by atoms with Crippen molar-refractivity contribution < 1.29 is 28.9 Å². The van der Waals surface area contributed by atoms with Gasteiger partial charge in [-0.3, -0.25) is 4.79 Å². The molecular weight excluding hydrogens is 420 g/mol. The summed E-state index contributed by atoms with van der Waals surface area (Å²) in [5, 5.41) is 12.7. The third-order valence-electron chi connectivity index (χ3n) is 4.00. The number of carbonyl (C=O) groups is 2. The molecule has 8 nitrogen and oxygen atoms in total. The SMILES string of the molecule is COc1cc(C2NC(=O)N=C(C)C2C(=O)OCCOC(C)C)cc(Br)c1O. The molecule has 27 heavy (non-hydrogen) atoms. The summed E-state index contributed by atoms with van der Waals surface area (Å²) < 4.78 is 16.2. The van der Waals surface area contributed by atoms with Crippen LogP contribution in [0.25, 0.3) is 0 Å². The molecule has 1 aliphatic rings. The number of rotatable bonds is 7. The summed E-state index contributed by atoms with van der Waals surface area (Å²) in [5.41, 5.74) is 0.918. The molecule has 0 spiro atoms. The first kappa shape index (κ1) is 21.2. The Morgan fingerprint density at radius 2 is 2.07 bits per heavy atom. The molecule has 148 valence electrons. The smallest absolute Gasteiger partial charge is 0.341 e. The van der Waals surface area contributed by atoms with Crippen LogP contribution >= 0.6 is 15.9 Å². The van der Waals surface area contributed by atoms with Crippen molar-refractivity contribution in [3.8, 4) is 11.5 Å². The van der Waals surface area contributed by atoms with E-state index >= 15 is 0 Å². The molecule has 0 fully saturated rings. The van der Waals surface area contributed by atoms with Crippen molar-refractivity contribution in [2.45, 2.75) is 32.9 Å². The lowest BCUT2D eigenvalue weighted by atomic mass is 9.88. The number of hydrogen-bond donors (Lipinski definition) is 2. The summed E-state index contributed by atoms with van der Waals surface area (Å²) in [5.74, 6) is -1.18. The molecule has 1 aromatic rings. The average molecular weight is 443 g/mol. The van der Waals surface area contributed by atoms with Crippen LogP contribution in [0, 0.1) is 5.92 Å². The van der Waals surface area contributed by atoms with Gasteiger partial charge >= 0.3 is 12.0 Å². The van der Waals surface area contributed by atoms with Crippen molar-refractivity contribution >= 4 is 33.6 Å². The molecule has 0 aromatic heterocycles. The Bertz CT molecular complexity index is 750. The van der Waals surface area contributed by atoms with E-state index in [2.05, 4.69) is 26.2 Å². The second-order valence-corrected chi connectivity index (χ2v) is 7.15. The molecule has 1 heterocycles. The summed E-state index contributed by atoms with van der Waals surface area (Å²) in [6, 6.07) is 1.92. The highest BCUT2D eigenvalue weighted by Crippen LogP contribution is 2.39. The maximum absolute atomic E-state index is 12.6. The number of benzene rings is 1. The Morgan fingerprint density at radius 1 is 1.37 bits per heavy atom. The topological polar surface area (TPSA) is 106 Å². The minimum atomic E-state index is -0.803. The molecule has 1 aliphatic heterocycles. The summed E-state index contributed by atoms with van der Waals surface area (Å²) in [4.78, 5) is 28.4. The standard InChI is InChI=1S/C18H23BrN2O6/c1-9(2)26-5-6-27-17(23)14-10(3)20-18(24)21-15(14)11-7-12(19)16(22)13(8-11)25-4/h7-9,14-15,22H,5-6H2,1-4H3,(H,21,24). The Balaban J connectivity index is 2.27. The van der Waals surface area contributed by atoms with Crippen molar-refractivity contribution in [1.82, 2.24) is 5.32 Å². The van der Waals surface area contributed by atoms with Crippen LogP contribution in [0.5, 0.6) is 11.5 Å². The van der Waals surface area contributed by atoms with Gasteiger partial charge in [-0.2, -0.15) is 0 Å². The third kappa shape index (κ3) is 5.20. The monoisotopic (exact) mass is 442 g/mol. The van der Waals surface area contributed by atoms with E-state index in [1.54, 1.807) is 19.1 Å². The van der Waals surface area contributed by atoms with E-state index in [-0.39, 0.29) is 30.8 Å². The Hall–Kier alpha value is -2.13. The molecule has 1 aromatic carbocycles. The molecule has 2 rings (SSSR count). The van der Waals surface area contributed by atoms with E-state index in [0.717, 1.165) is 0 Å². The number of phenolic OH excluding ortho intramolecular Hbond substituents is 1. The Morgan fingerprint density at radius 3 is 2.70 bits per heavy atom. The first-order chi connectivity index (χ1) is 12.7. The number of nitrogens with one attached hydrogen (secondary N) is 1. The fourth-order valence-corrected chi connectivity index (χ4v) is 3.21. The average Bonchev–Trinajstić information content (AvgIpc) is 2.59. The van der Waals surface area contributed by atoms with Gasteiger partial charge in [0.1, 0.15) is 12.5 Å². The molecule has 2 atom stereocenters. The van der Waals surface area contributed by atoms with Crippen molar-refractivity contribution in [1.29, 1.82) is 0 Å². The van der Waals surface area contributed by atoms with Crippen LogP contribution in [0.3, 0.4) is 0 Å². The highest BCUT2D eigenvalue weighted by Gasteiger charge is 2.38. The number of methoxy groups -OCH3 is 1. The minimum Gasteiger partial charge on any atom is -0.503 e. The molecule has 0 radical (unpaired) electrons. The van der Waals surface area contributed by atoms with Gasteiger partial charge in [0.15, 0.2) is 11.5 Å². The lowest BCUT2D eigenvalue weighted by molar-refractivity contribution is -0.149. The zero-order chi connectivity index (χ0) is 20.1. The van der Waals surface area contributed by atoms with Crippen LogP contribution in [-0.2, 0) is 14.3 Å². The summed E-state index contributed by atoms with van der Waals surface area (Å²) >= 11 is 3.25. The Labute approximate surface area is 166 Å². The van der Waals surface area contributed by atoms with Gasteiger partial charge in [-0.1, -0.05) is 0 Å². The third-order valence-corrected chi connectivity index (χ3v) is 4.61. The predicted octanol–water partition coefficient (Wildman–Crippen LogP) is 2.97. The number of amides is 2. The van der Waals surface area contributed by atoms with Crippen LogP contribution in [0.15, 0.2) is 21.6 Å². The number of halogens is 1. The second-order valence-electron chi connectivity index (χ2n) is 6.30. The largest absolute Gasteiger partial charge is 0.503 e. The molecule has 9 heteroatoms. The summed E-state index contributed by atoms with van der Waals surface area (Å²) in [6.45, 7) is 5.77. The van der Waals surface area contributed by atoms with Gasteiger partial charge in [-0.15, -0.1) is 0 Å². The maximum Gasteiger partial charge on any atom is 0.341 e. The number of urea groups is 1. The van der Waals surface area contributed by atoms with Crippen LogP contribution in [-0.4, -0.2) is 49.2 Å². The number of esters is 1. The van der Waals surface area contributed by atoms with Crippen LogP contribution in [0.2, 0.25) is 0 Å². The van der Waals surface area contributed by atoms with Crippen LogP contribution in [0.1, 0.15) is 32.4 Å². The molecule has 2 amide bonds. The molecule has 0 bridgehead atoms. The van der Waals surface area contributed by atoms with E-state index in [1.165, 1.54) is 7.11 Å². The number of aliphatic imine (C=N–C) groups is 1. The number of ether oxygens (including phenoxy) is 3. The highest BCUT2D eigenvalue weighted by atomic mass is 79.9. The van der Waals surface area contributed by atoms with Gasteiger partial charge in [0.2, 0.25) is 0 Å². The second kappa shape index (κ2) is 9.18. The molecule has 0 saturated carbocycles. The van der Waals surface area contributed by atoms with E-state index in [1.807, 2.05) is 13.8 Å². The number of hydrogen-bond acceptors (Lipinski definition) is 6. The maximum atomic E-state index is 12.6. The van der Waals surface area contributed by atoms with Crippen molar-refractivity contribution in [2.24, 2.45) is 10.9 Å². The van der Waals surface area contributed by atoms with E-state index in [9.17, 15) is 14.7 Å². The molecular formula is C18H23BrN2O6. The van der Waals surface area contributed by atoms with E-state index in [0.29, 0.717) is 15.7 Å².